The minimum Gasteiger partial charge on any atom is -0.474 e. The Morgan fingerprint density at radius 1 is 1.40 bits per heavy atom. The molecule has 4 nitrogen and oxygen atoms in total. The number of thiophene rings is 1. The topological polar surface area (TPSA) is 61.0 Å². The van der Waals surface area contributed by atoms with Crippen molar-refractivity contribution in [3.8, 4) is 5.88 Å². The lowest BCUT2D eigenvalue weighted by atomic mass is 9.85. The van der Waals surface area contributed by atoms with E-state index in [0.29, 0.717) is 11.8 Å². The number of fused-ring (bicyclic) bond motifs is 1. The number of anilines is 1. The van der Waals surface area contributed by atoms with E-state index >= 15 is 0 Å². The molecule has 2 N–H and O–H groups in total. The van der Waals surface area contributed by atoms with E-state index in [1.807, 2.05) is 0 Å². The summed E-state index contributed by atoms with van der Waals surface area (Å²) in [5.74, 6) is 1.75. The van der Waals surface area contributed by atoms with E-state index in [2.05, 4.69) is 29.9 Å². The monoisotopic (exact) mass is 291 g/mol. The summed E-state index contributed by atoms with van der Waals surface area (Å²) in [6.45, 7) is 4.33. The fourth-order valence-electron chi connectivity index (χ4n) is 3.00. The van der Waals surface area contributed by atoms with Gasteiger partial charge in [0, 0.05) is 4.88 Å². The third-order valence-corrected chi connectivity index (χ3v) is 5.03. The molecule has 2 aromatic rings. The van der Waals surface area contributed by atoms with Gasteiger partial charge in [0.2, 0.25) is 11.8 Å². The van der Waals surface area contributed by atoms with Gasteiger partial charge in [0.05, 0.1) is 5.39 Å². The van der Waals surface area contributed by atoms with Crippen molar-refractivity contribution in [1.82, 2.24) is 9.97 Å². The normalized spacial score (nSPS) is 23.1. The van der Waals surface area contributed by atoms with Crippen LogP contribution in [0, 0.1) is 12.8 Å². The van der Waals surface area contributed by atoms with E-state index in [-0.39, 0.29) is 6.10 Å². The molecule has 2 aromatic heterocycles. The predicted octanol–water partition coefficient (Wildman–Crippen LogP) is 3.93. The molecule has 5 heteroatoms. The Kier molecular flexibility index (Phi) is 3.78. The number of aryl methyl sites for hydroxylation is 1. The highest BCUT2D eigenvalue weighted by Crippen LogP contribution is 2.34. The first-order valence-electron chi connectivity index (χ1n) is 7.36. The molecule has 1 aliphatic rings. The maximum Gasteiger partial charge on any atom is 0.227 e. The van der Waals surface area contributed by atoms with Crippen molar-refractivity contribution >= 4 is 27.5 Å². The molecule has 0 saturated heterocycles. The summed E-state index contributed by atoms with van der Waals surface area (Å²) in [5.41, 5.74) is 5.80. The van der Waals surface area contributed by atoms with Gasteiger partial charge in [-0.15, -0.1) is 11.3 Å². The maximum atomic E-state index is 6.17. The predicted molar refractivity (Wildman–Crippen MR) is 83.2 cm³/mol. The average molecular weight is 291 g/mol. The number of nitrogens with zero attached hydrogens (tertiary/aromatic N) is 2. The van der Waals surface area contributed by atoms with Gasteiger partial charge in [0.25, 0.3) is 0 Å². The van der Waals surface area contributed by atoms with E-state index in [4.69, 9.17) is 10.5 Å². The second-order valence-corrected chi connectivity index (χ2v) is 6.88. The molecule has 0 radical (unpaired) electrons. The van der Waals surface area contributed by atoms with E-state index in [9.17, 15) is 0 Å². The van der Waals surface area contributed by atoms with Crippen LogP contribution in [0.5, 0.6) is 5.88 Å². The quantitative estimate of drug-likeness (QED) is 0.930. The lowest BCUT2D eigenvalue weighted by Gasteiger charge is -2.28. The molecule has 2 atom stereocenters. The van der Waals surface area contributed by atoms with E-state index in [0.717, 1.165) is 29.0 Å². The summed E-state index contributed by atoms with van der Waals surface area (Å²) >= 11 is 1.64. The van der Waals surface area contributed by atoms with Crippen LogP contribution in [0.1, 0.15) is 43.9 Å². The van der Waals surface area contributed by atoms with Crippen LogP contribution in [-0.4, -0.2) is 16.1 Å². The second kappa shape index (κ2) is 5.56. The molecule has 0 aromatic carbocycles. The molecule has 2 heterocycles. The van der Waals surface area contributed by atoms with Crippen molar-refractivity contribution < 1.29 is 4.74 Å². The number of hydrogen-bond donors (Lipinski definition) is 1. The maximum absolute atomic E-state index is 6.17. The molecule has 108 valence electrons. The number of aromatic nitrogens is 2. The Labute approximate surface area is 123 Å². The standard InChI is InChI=1S/C15H21N3OS/c1-3-10-5-4-6-11(8-10)19-13-12-7-9(2)20-14(12)18-15(16)17-13/h7,10-11H,3-6,8H2,1-2H3,(H2,16,17,18). The average Bonchev–Trinajstić information content (AvgIpc) is 2.79. The molecule has 20 heavy (non-hydrogen) atoms. The van der Waals surface area contributed by atoms with Crippen LogP contribution in [0.25, 0.3) is 10.2 Å². The van der Waals surface area contributed by atoms with Crippen LogP contribution in [0.4, 0.5) is 5.95 Å². The molecular formula is C15H21N3OS. The van der Waals surface area contributed by atoms with Gasteiger partial charge in [-0.05, 0) is 38.2 Å². The lowest BCUT2D eigenvalue weighted by molar-refractivity contribution is 0.119. The van der Waals surface area contributed by atoms with Crippen molar-refractivity contribution in [3.05, 3.63) is 10.9 Å². The summed E-state index contributed by atoms with van der Waals surface area (Å²) in [5, 5.41) is 1.00. The van der Waals surface area contributed by atoms with Crippen molar-refractivity contribution in [2.45, 2.75) is 52.1 Å². The van der Waals surface area contributed by atoms with E-state index in [1.165, 1.54) is 24.1 Å². The fourth-order valence-corrected chi connectivity index (χ4v) is 3.88. The number of nitrogen functional groups attached to an aromatic ring is 1. The first kappa shape index (κ1) is 13.6. The summed E-state index contributed by atoms with van der Waals surface area (Å²) in [6, 6.07) is 2.09. The molecule has 0 aliphatic heterocycles. The Balaban J connectivity index is 1.86. The molecule has 3 rings (SSSR count). The van der Waals surface area contributed by atoms with Crippen LogP contribution in [0.3, 0.4) is 0 Å². The SMILES string of the molecule is CCC1CCCC(Oc2nc(N)nc3sc(C)cc23)C1. The number of rotatable bonds is 3. The Bertz CT molecular complexity index is 610. The van der Waals surface area contributed by atoms with Crippen LogP contribution in [0.2, 0.25) is 0 Å². The van der Waals surface area contributed by atoms with Gasteiger partial charge in [-0.25, -0.2) is 4.98 Å². The van der Waals surface area contributed by atoms with Crippen molar-refractivity contribution in [1.29, 1.82) is 0 Å². The zero-order valence-electron chi connectivity index (χ0n) is 12.1. The molecule has 1 fully saturated rings. The van der Waals surface area contributed by atoms with Crippen LogP contribution in [-0.2, 0) is 0 Å². The van der Waals surface area contributed by atoms with Gasteiger partial charge < -0.3 is 10.5 Å². The Hall–Kier alpha value is -1.36. The summed E-state index contributed by atoms with van der Waals surface area (Å²) < 4.78 is 6.17. The molecule has 0 spiro atoms. The molecule has 0 amide bonds. The third kappa shape index (κ3) is 2.73. The summed E-state index contributed by atoms with van der Waals surface area (Å²) in [7, 11) is 0. The number of hydrogen-bond acceptors (Lipinski definition) is 5. The van der Waals surface area contributed by atoms with E-state index in [1.54, 1.807) is 11.3 Å². The lowest BCUT2D eigenvalue weighted by Crippen LogP contribution is -2.25. The van der Waals surface area contributed by atoms with Gasteiger partial charge in [0.1, 0.15) is 10.9 Å². The third-order valence-electron chi connectivity index (χ3n) is 4.09. The van der Waals surface area contributed by atoms with Gasteiger partial charge >= 0.3 is 0 Å². The second-order valence-electron chi connectivity index (χ2n) is 5.64. The summed E-state index contributed by atoms with van der Waals surface area (Å²) in [4.78, 5) is 10.7. The molecule has 1 aliphatic carbocycles. The van der Waals surface area contributed by atoms with E-state index < -0.39 is 0 Å². The van der Waals surface area contributed by atoms with Crippen molar-refractivity contribution in [2.75, 3.05) is 5.73 Å². The smallest absolute Gasteiger partial charge is 0.227 e. The van der Waals surface area contributed by atoms with Crippen LogP contribution >= 0.6 is 11.3 Å². The van der Waals surface area contributed by atoms with Crippen molar-refractivity contribution in [3.63, 3.8) is 0 Å². The first-order valence-corrected chi connectivity index (χ1v) is 8.17. The summed E-state index contributed by atoms with van der Waals surface area (Å²) in [6.07, 6.45) is 6.32. The minimum atomic E-state index is 0.270. The zero-order valence-corrected chi connectivity index (χ0v) is 12.9. The molecule has 2 unspecified atom stereocenters. The number of ether oxygens (including phenoxy) is 1. The van der Waals surface area contributed by atoms with Gasteiger partial charge in [-0.2, -0.15) is 4.98 Å². The molecular weight excluding hydrogens is 270 g/mol. The highest BCUT2D eigenvalue weighted by atomic mass is 32.1. The number of nitrogens with two attached hydrogens (primary N) is 1. The first-order chi connectivity index (χ1) is 9.65. The molecule has 1 saturated carbocycles. The largest absolute Gasteiger partial charge is 0.474 e. The Morgan fingerprint density at radius 2 is 2.25 bits per heavy atom. The fraction of sp³-hybridized carbons (Fsp3) is 0.600. The highest BCUT2D eigenvalue weighted by molar-refractivity contribution is 7.18. The molecule has 0 bridgehead atoms. The van der Waals surface area contributed by atoms with Crippen molar-refractivity contribution in [2.24, 2.45) is 5.92 Å². The van der Waals surface area contributed by atoms with Gasteiger partial charge in [-0.3, -0.25) is 0 Å². The van der Waals surface area contributed by atoms with Crippen LogP contribution < -0.4 is 10.5 Å². The van der Waals surface area contributed by atoms with Gasteiger partial charge in [-0.1, -0.05) is 19.8 Å². The minimum absolute atomic E-state index is 0.270. The Morgan fingerprint density at radius 3 is 3.05 bits per heavy atom. The van der Waals surface area contributed by atoms with Gasteiger partial charge in [0.15, 0.2) is 0 Å². The highest BCUT2D eigenvalue weighted by Gasteiger charge is 2.23. The van der Waals surface area contributed by atoms with Crippen LogP contribution in [0.15, 0.2) is 6.07 Å². The zero-order chi connectivity index (χ0) is 14.1.